The van der Waals surface area contributed by atoms with Crippen molar-refractivity contribution in [3.63, 3.8) is 0 Å². The fourth-order valence-electron chi connectivity index (χ4n) is 4.23. The number of benzene rings is 2. The second-order valence-electron chi connectivity index (χ2n) is 8.39. The molecule has 2 heterocycles. The van der Waals surface area contributed by atoms with E-state index < -0.39 is 11.7 Å². The minimum atomic E-state index is -4.43. The molecule has 6 nitrogen and oxygen atoms in total. The molecule has 4 rings (SSSR count). The van der Waals surface area contributed by atoms with E-state index in [1.807, 2.05) is 0 Å². The van der Waals surface area contributed by atoms with Gasteiger partial charge in [0.15, 0.2) is 0 Å². The molecule has 2 aromatic carbocycles. The summed E-state index contributed by atoms with van der Waals surface area (Å²) in [5, 5.41) is 0.421. The standard InChI is InChI=1S/C24H25ClF3N3O3/c25-21-4-2-1-3-20(21)23(33)31-13-14-34-19(16-31)15-29-9-11-30(12-10-29)22(32)17-5-7-18(8-6-17)24(26,27)28/h1-8,19H,9-16H2. The molecule has 0 saturated carbocycles. The van der Waals surface area contributed by atoms with E-state index >= 15 is 0 Å². The highest BCUT2D eigenvalue weighted by Crippen LogP contribution is 2.29. The van der Waals surface area contributed by atoms with Crippen molar-refractivity contribution in [1.82, 2.24) is 14.7 Å². The molecule has 0 N–H and O–H groups in total. The first-order valence-electron chi connectivity index (χ1n) is 11.1. The Hall–Kier alpha value is -2.62. The molecule has 182 valence electrons. The van der Waals surface area contributed by atoms with Crippen molar-refractivity contribution in [3.05, 3.63) is 70.2 Å². The van der Waals surface area contributed by atoms with E-state index in [9.17, 15) is 22.8 Å². The Balaban J connectivity index is 1.28. The monoisotopic (exact) mass is 495 g/mol. The SMILES string of the molecule is O=C(c1ccc(C(F)(F)F)cc1)N1CCN(CC2CN(C(=O)c3ccccc3Cl)CCO2)CC1. The molecule has 2 aliphatic heterocycles. The van der Waals surface area contributed by atoms with Gasteiger partial charge in [-0.05, 0) is 36.4 Å². The van der Waals surface area contributed by atoms with E-state index in [1.165, 1.54) is 12.1 Å². The fourth-order valence-corrected chi connectivity index (χ4v) is 4.44. The maximum Gasteiger partial charge on any atom is 0.416 e. The van der Waals surface area contributed by atoms with Crippen LogP contribution in [-0.4, -0.2) is 85.0 Å². The molecule has 0 bridgehead atoms. The summed E-state index contributed by atoms with van der Waals surface area (Å²) >= 11 is 6.17. The maximum atomic E-state index is 12.9. The summed E-state index contributed by atoms with van der Waals surface area (Å²) in [5.41, 5.74) is -0.0607. The molecule has 34 heavy (non-hydrogen) atoms. The molecule has 1 unspecified atom stereocenters. The smallest absolute Gasteiger partial charge is 0.373 e. The molecular weight excluding hydrogens is 471 g/mol. The summed E-state index contributed by atoms with van der Waals surface area (Å²) < 4.78 is 44.1. The number of carbonyl (C=O) groups is 2. The summed E-state index contributed by atoms with van der Waals surface area (Å²) in [6, 6.07) is 11.3. The third kappa shape index (κ3) is 5.71. The molecule has 2 saturated heterocycles. The third-order valence-electron chi connectivity index (χ3n) is 6.11. The normalized spacial score (nSPS) is 19.8. The second kappa shape index (κ2) is 10.3. The number of alkyl halides is 3. The lowest BCUT2D eigenvalue weighted by molar-refractivity contribution is -0.137. The van der Waals surface area contributed by atoms with Crippen molar-refractivity contribution in [2.75, 3.05) is 52.4 Å². The Morgan fingerprint density at radius 3 is 2.24 bits per heavy atom. The van der Waals surface area contributed by atoms with Crippen molar-refractivity contribution in [1.29, 1.82) is 0 Å². The van der Waals surface area contributed by atoms with Crippen molar-refractivity contribution in [3.8, 4) is 0 Å². The predicted molar refractivity (Wildman–Crippen MR) is 121 cm³/mol. The number of amides is 2. The highest BCUT2D eigenvalue weighted by atomic mass is 35.5. The number of ether oxygens (including phenoxy) is 1. The van der Waals surface area contributed by atoms with Gasteiger partial charge in [-0.25, -0.2) is 0 Å². The molecule has 10 heteroatoms. The molecule has 2 amide bonds. The van der Waals surface area contributed by atoms with Gasteiger partial charge in [-0.15, -0.1) is 0 Å². The highest BCUT2D eigenvalue weighted by molar-refractivity contribution is 6.33. The van der Waals surface area contributed by atoms with Crippen molar-refractivity contribution in [2.24, 2.45) is 0 Å². The van der Waals surface area contributed by atoms with E-state index in [2.05, 4.69) is 4.90 Å². The first-order chi connectivity index (χ1) is 16.2. The van der Waals surface area contributed by atoms with Crippen LogP contribution in [0.15, 0.2) is 48.5 Å². The van der Waals surface area contributed by atoms with Gasteiger partial charge in [0.25, 0.3) is 11.8 Å². The Bertz CT molecular complexity index is 1020. The number of rotatable bonds is 4. The average Bonchev–Trinajstić information content (AvgIpc) is 2.84. The Kier molecular flexibility index (Phi) is 7.45. The Morgan fingerprint density at radius 1 is 0.912 bits per heavy atom. The van der Waals surface area contributed by atoms with E-state index in [1.54, 1.807) is 34.1 Å². The summed E-state index contributed by atoms with van der Waals surface area (Å²) in [4.78, 5) is 31.1. The lowest BCUT2D eigenvalue weighted by Gasteiger charge is -2.39. The summed E-state index contributed by atoms with van der Waals surface area (Å²) in [6.45, 7) is 4.17. The third-order valence-corrected chi connectivity index (χ3v) is 6.44. The van der Waals surface area contributed by atoms with Gasteiger partial charge in [0.1, 0.15) is 0 Å². The lowest BCUT2D eigenvalue weighted by atomic mass is 10.1. The Morgan fingerprint density at radius 2 is 1.59 bits per heavy atom. The van der Waals surface area contributed by atoms with Crippen LogP contribution in [-0.2, 0) is 10.9 Å². The summed E-state index contributed by atoms with van der Waals surface area (Å²) in [6.07, 6.45) is -4.58. The van der Waals surface area contributed by atoms with Crippen molar-refractivity contribution >= 4 is 23.4 Å². The number of nitrogens with zero attached hydrogens (tertiary/aromatic N) is 3. The van der Waals surface area contributed by atoms with Crippen LogP contribution in [0.4, 0.5) is 13.2 Å². The predicted octanol–water partition coefficient (Wildman–Crippen LogP) is 3.66. The van der Waals surface area contributed by atoms with Gasteiger partial charge in [-0.1, -0.05) is 23.7 Å². The minimum absolute atomic E-state index is 0.120. The summed E-state index contributed by atoms with van der Waals surface area (Å²) in [7, 11) is 0. The zero-order chi connectivity index (χ0) is 24.3. The molecule has 2 aliphatic rings. The van der Waals surface area contributed by atoms with Crippen molar-refractivity contribution < 1.29 is 27.5 Å². The molecule has 2 fully saturated rings. The van der Waals surface area contributed by atoms with Gasteiger partial charge in [0, 0.05) is 51.4 Å². The number of morpholine rings is 1. The number of hydrogen-bond acceptors (Lipinski definition) is 4. The van der Waals surface area contributed by atoms with Crippen LogP contribution < -0.4 is 0 Å². The zero-order valence-corrected chi connectivity index (χ0v) is 19.2. The topological polar surface area (TPSA) is 53.1 Å². The average molecular weight is 496 g/mol. The van der Waals surface area contributed by atoms with Crippen LogP contribution in [0.25, 0.3) is 0 Å². The maximum absolute atomic E-state index is 12.9. The van der Waals surface area contributed by atoms with Crippen molar-refractivity contribution in [2.45, 2.75) is 12.3 Å². The molecule has 0 spiro atoms. The molecule has 0 aliphatic carbocycles. The lowest BCUT2D eigenvalue weighted by Crippen LogP contribution is -2.54. The number of carbonyl (C=O) groups excluding carboxylic acids is 2. The van der Waals surface area contributed by atoms with Gasteiger partial charge in [-0.3, -0.25) is 14.5 Å². The fraction of sp³-hybridized carbons (Fsp3) is 0.417. The molecule has 0 aromatic heterocycles. The Labute approximate surface area is 200 Å². The summed E-state index contributed by atoms with van der Waals surface area (Å²) in [5.74, 6) is -0.398. The highest BCUT2D eigenvalue weighted by Gasteiger charge is 2.32. The first-order valence-corrected chi connectivity index (χ1v) is 11.4. The molecule has 0 radical (unpaired) electrons. The van der Waals surface area contributed by atoms with E-state index in [4.69, 9.17) is 16.3 Å². The molecule has 1 atom stereocenters. The minimum Gasteiger partial charge on any atom is -0.373 e. The molecule has 2 aromatic rings. The van der Waals surface area contributed by atoms with Gasteiger partial charge >= 0.3 is 6.18 Å². The van der Waals surface area contributed by atoms with Crippen LogP contribution in [0, 0.1) is 0 Å². The number of halogens is 4. The van der Waals surface area contributed by atoms with Crippen LogP contribution in [0.2, 0.25) is 5.02 Å². The molecular formula is C24H25ClF3N3O3. The zero-order valence-electron chi connectivity index (χ0n) is 18.4. The number of hydrogen-bond donors (Lipinski definition) is 0. The first kappa shape index (κ1) is 24.5. The van der Waals surface area contributed by atoms with E-state index in [-0.39, 0.29) is 23.5 Å². The van der Waals surface area contributed by atoms with Crippen LogP contribution in [0.5, 0.6) is 0 Å². The van der Waals surface area contributed by atoms with Crippen LogP contribution in [0.3, 0.4) is 0 Å². The van der Waals surface area contributed by atoms with Crippen LogP contribution >= 0.6 is 11.6 Å². The number of piperazine rings is 1. The van der Waals surface area contributed by atoms with Gasteiger partial charge in [0.2, 0.25) is 0 Å². The van der Waals surface area contributed by atoms with E-state index in [0.717, 1.165) is 12.1 Å². The van der Waals surface area contributed by atoms with Gasteiger partial charge in [-0.2, -0.15) is 13.2 Å². The van der Waals surface area contributed by atoms with Crippen LogP contribution in [0.1, 0.15) is 26.3 Å². The second-order valence-corrected chi connectivity index (χ2v) is 8.80. The quantitative estimate of drug-likeness (QED) is 0.649. The van der Waals surface area contributed by atoms with Gasteiger partial charge in [0.05, 0.1) is 28.9 Å². The van der Waals surface area contributed by atoms with Gasteiger partial charge < -0.3 is 14.5 Å². The van der Waals surface area contributed by atoms with E-state index in [0.29, 0.717) is 63.0 Å². The largest absolute Gasteiger partial charge is 0.416 e.